The van der Waals surface area contributed by atoms with E-state index in [9.17, 15) is 4.79 Å². The molecule has 5 rings (SSSR count). The summed E-state index contributed by atoms with van der Waals surface area (Å²) in [5.74, 6) is 0.598. The van der Waals surface area contributed by atoms with Gasteiger partial charge in [0.15, 0.2) is 5.13 Å². The van der Waals surface area contributed by atoms with Crippen LogP contribution in [0.1, 0.15) is 38.2 Å². The number of amides is 1. The summed E-state index contributed by atoms with van der Waals surface area (Å²) >= 11 is 1.68. The van der Waals surface area contributed by atoms with Crippen LogP contribution in [0.25, 0.3) is 10.2 Å². The number of nitrogens with zero attached hydrogens (tertiary/aromatic N) is 3. The number of anilines is 2. The molecule has 2 aromatic carbocycles. The van der Waals surface area contributed by atoms with E-state index in [0.29, 0.717) is 19.1 Å². The Bertz CT molecular complexity index is 1120. The fourth-order valence-corrected chi connectivity index (χ4v) is 5.48. The van der Waals surface area contributed by atoms with Gasteiger partial charge >= 0.3 is 6.09 Å². The summed E-state index contributed by atoms with van der Waals surface area (Å²) in [5, 5.41) is 7.74. The molecule has 1 saturated carbocycles. The van der Waals surface area contributed by atoms with Gasteiger partial charge < -0.3 is 15.4 Å². The summed E-state index contributed by atoms with van der Waals surface area (Å²) in [6.45, 7) is 3.60. The van der Waals surface area contributed by atoms with Crippen molar-refractivity contribution in [3.05, 3.63) is 54.1 Å². The van der Waals surface area contributed by atoms with Crippen molar-refractivity contribution in [1.82, 2.24) is 9.88 Å². The van der Waals surface area contributed by atoms with E-state index in [4.69, 9.17) is 9.73 Å². The second-order valence-corrected chi connectivity index (χ2v) is 9.67. The van der Waals surface area contributed by atoms with Crippen LogP contribution in [0.5, 0.6) is 0 Å². The molecule has 3 aromatic rings. The number of aliphatic imine (C=N–C) groups is 1. The first-order valence-electron chi connectivity index (χ1n) is 11.6. The van der Waals surface area contributed by atoms with Crippen molar-refractivity contribution in [2.75, 3.05) is 30.3 Å². The molecule has 1 aliphatic heterocycles. The average Bonchev–Trinajstić information content (AvgIpc) is 3.54. The van der Waals surface area contributed by atoms with Gasteiger partial charge in [-0.1, -0.05) is 48.4 Å². The van der Waals surface area contributed by atoms with E-state index in [2.05, 4.69) is 33.8 Å². The Balaban J connectivity index is 1.20. The van der Waals surface area contributed by atoms with Crippen LogP contribution in [0.3, 0.4) is 0 Å². The summed E-state index contributed by atoms with van der Waals surface area (Å²) in [4.78, 5) is 23.7. The molecule has 1 amide bonds. The number of rotatable bonds is 6. The van der Waals surface area contributed by atoms with Crippen LogP contribution in [0.2, 0.25) is 0 Å². The molecule has 2 N–H and O–H groups in total. The number of thiazole rings is 1. The van der Waals surface area contributed by atoms with Crippen LogP contribution in [-0.4, -0.2) is 47.2 Å². The number of hydrogen-bond donors (Lipinski definition) is 2. The van der Waals surface area contributed by atoms with Crippen molar-refractivity contribution in [3.8, 4) is 0 Å². The number of guanidine groups is 1. The number of carbonyl (C=O) groups is 1. The smallest absolute Gasteiger partial charge is 0.416 e. The highest BCUT2D eigenvalue weighted by molar-refractivity contribution is 7.22. The molecule has 2 heterocycles. The van der Waals surface area contributed by atoms with Crippen LogP contribution in [0, 0.1) is 0 Å². The number of fused-ring (bicyclic) bond motifs is 1. The Labute approximate surface area is 197 Å². The Morgan fingerprint density at radius 3 is 2.70 bits per heavy atom. The van der Waals surface area contributed by atoms with Gasteiger partial charge in [-0.2, -0.15) is 0 Å². The minimum atomic E-state index is -0.329. The van der Waals surface area contributed by atoms with Crippen molar-refractivity contribution in [3.63, 3.8) is 0 Å². The van der Waals surface area contributed by atoms with Crippen LogP contribution >= 0.6 is 11.3 Å². The van der Waals surface area contributed by atoms with Gasteiger partial charge in [-0.3, -0.25) is 0 Å². The number of nitrogens with one attached hydrogen (secondary N) is 2. The summed E-state index contributed by atoms with van der Waals surface area (Å²) in [6, 6.07) is 16.5. The Kier molecular flexibility index (Phi) is 6.17. The van der Waals surface area contributed by atoms with Gasteiger partial charge in [-0.15, -0.1) is 0 Å². The Morgan fingerprint density at radius 1 is 1.15 bits per heavy atom. The molecule has 0 radical (unpaired) electrons. The fourth-order valence-electron chi connectivity index (χ4n) is 4.59. The van der Waals surface area contributed by atoms with Gasteiger partial charge in [-0.25, -0.2) is 19.7 Å². The number of carbonyl (C=O) groups excluding carboxylic acids is 1. The zero-order valence-corrected chi connectivity index (χ0v) is 19.7. The maximum absolute atomic E-state index is 12.5. The third-order valence-corrected chi connectivity index (χ3v) is 7.26. The largest absolute Gasteiger partial charge is 0.449 e. The molecule has 7 nitrogen and oxygen atoms in total. The summed E-state index contributed by atoms with van der Waals surface area (Å²) in [6.07, 6.45) is 4.93. The number of hydrogen-bond acceptors (Lipinski definition) is 7. The number of aromatic nitrogens is 1. The van der Waals surface area contributed by atoms with Crippen molar-refractivity contribution >= 4 is 44.4 Å². The first-order valence-corrected chi connectivity index (χ1v) is 12.5. The van der Waals surface area contributed by atoms with E-state index in [0.717, 1.165) is 55.0 Å². The van der Waals surface area contributed by atoms with E-state index in [1.54, 1.807) is 16.2 Å². The lowest BCUT2D eigenvalue weighted by molar-refractivity contribution is 0.126. The highest BCUT2D eigenvalue weighted by atomic mass is 32.1. The van der Waals surface area contributed by atoms with E-state index in [1.807, 2.05) is 37.3 Å². The van der Waals surface area contributed by atoms with E-state index < -0.39 is 0 Å². The molecule has 8 heteroatoms. The molecule has 172 valence electrons. The molecular formula is C25H29N5O2S. The van der Waals surface area contributed by atoms with Crippen molar-refractivity contribution < 1.29 is 9.53 Å². The third kappa shape index (κ3) is 4.80. The van der Waals surface area contributed by atoms with Crippen molar-refractivity contribution in [2.45, 2.75) is 44.6 Å². The lowest BCUT2D eigenvalue weighted by atomic mass is 10.00. The predicted molar refractivity (Wildman–Crippen MR) is 134 cm³/mol. The molecular weight excluding hydrogens is 434 g/mol. The zero-order chi connectivity index (χ0) is 22.7. The first-order chi connectivity index (χ1) is 16.1. The molecule has 0 saturated heterocycles. The van der Waals surface area contributed by atoms with Gasteiger partial charge in [0.2, 0.25) is 5.96 Å². The van der Waals surface area contributed by atoms with E-state index in [-0.39, 0.29) is 11.6 Å². The maximum atomic E-state index is 12.5. The fraction of sp³-hybridized carbons (Fsp3) is 0.400. The molecule has 1 spiro atoms. The lowest BCUT2D eigenvalue weighted by Crippen LogP contribution is -2.41. The van der Waals surface area contributed by atoms with E-state index >= 15 is 0 Å². The molecule has 0 atom stereocenters. The Hall–Kier alpha value is -3.13. The SMILES string of the molecule is CCOC(=O)N1CC2(CCCC2)N=C1Nc1ccc(CCNc2nc3ccccc3s2)cc1. The average molecular weight is 464 g/mol. The van der Waals surface area contributed by atoms with Crippen molar-refractivity contribution in [1.29, 1.82) is 0 Å². The van der Waals surface area contributed by atoms with Gasteiger partial charge in [0.1, 0.15) is 0 Å². The summed E-state index contributed by atoms with van der Waals surface area (Å²) in [5.41, 5.74) is 3.03. The van der Waals surface area contributed by atoms with Gasteiger partial charge in [-0.05, 0) is 56.0 Å². The molecule has 2 aliphatic rings. The second-order valence-electron chi connectivity index (χ2n) is 8.64. The standard InChI is InChI=1S/C25H29N5O2S/c1-2-32-24(31)30-17-25(14-5-6-15-25)29-22(30)27-19-11-9-18(10-12-19)13-16-26-23-28-20-7-3-4-8-21(20)33-23/h3-4,7-12H,2,5-6,13-17H2,1H3,(H,26,28)(H,27,29). The number of para-hydroxylation sites is 1. The van der Waals surface area contributed by atoms with Gasteiger partial charge in [0, 0.05) is 12.2 Å². The second kappa shape index (κ2) is 9.39. The number of ether oxygens (including phenoxy) is 1. The lowest BCUT2D eigenvalue weighted by Gasteiger charge is -2.22. The highest BCUT2D eigenvalue weighted by Gasteiger charge is 2.44. The molecule has 1 fully saturated rings. The summed E-state index contributed by atoms with van der Waals surface area (Å²) in [7, 11) is 0. The quantitative estimate of drug-likeness (QED) is 0.504. The Morgan fingerprint density at radius 2 is 1.94 bits per heavy atom. The molecule has 33 heavy (non-hydrogen) atoms. The van der Waals surface area contributed by atoms with Crippen LogP contribution in [0.4, 0.5) is 15.6 Å². The monoisotopic (exact) mass is 463 g/mol. The highest BCUT2D eigenvalue weighted by Crippen LogP contribution is 2.38. The molecule has 0 unspecified atom stereocenters. The predicted octanol–water partition coefficient (Wildman–Crippen LogP) is 5.50. The summed E-state index contributed by atoms with van der Waals surface area (Å²) < 4.78 is 6.47. The van der Waals surface area contributed by atoms with Gasteiger partial charge in [0.05, 0.1) is 28.9 Å². The third-order valence-electron chi connectivity index (χ3n) is 6.27. The first kappa shape index (κ1) is 21.7. The zero-order valence-electron chi connectivity index (χ0n) is 18.8. The maximum Gasteiger partial charge on any atom is 0.416 e. The topological polar surface area (TPSA) is 78.8 Å². The van der Waals surface area contributed by atoms with Crippen LogP contribution in [0.15, 0.2) is 53.5 Å². The van der Waals surface area contributed by atoms with Gasteiger partial charge in [0.25, 0.3) is 0 Å². The molecule has 0 bridgehead atoms. The minimum Gasteiger partial charge on any atom is -0.449 e. The molecule has 1 aliphatic carbocycles. The normalized spacial score (nSPS) is 16.9. The van der Waals surface area contributed by atoms with E-state index in [1.165, 1.54) is 10.3 Å². The number of benzene rings is 2. The van der Waals surface area contributed by atoms with Crippen LogP contribution in [-0.2, 0) is 11.2 Å². The molecule has 1 aromatic heterocycles. The van der Waals surface area contributed by atoms with Crippen molar-refractivity contribution in [2.24, 2.45) is 4.99 Å². The minimum absolute atomic E-state index is 0.151. The van der Waals surface area contributed by atoms with Crippen LogP contribution < -0.4 is 10.6 Å².